The lowest BCUT2D eigenvalue weighted by Gasteiger charge is -2.35. The van der Waals surface area contributed by atoms with Crippen LogP contribution in [-0.4, -0.2) is 60.6 Å². The van der Waals surface area contributed by atoms with E-state index in [9.17, 15) is 0 Å². The topological polar surface area (TPSA) is 39.7 Å². The third-order valence-electron chi connectivity index (χ3n) is 4.79. The van der Waals surface area contributed by atoms with E-state index in [-0.39, 0.29) is 0 Å². The first kappa shape index (κ1) is 17.9. The molecule has 2 aliphatic rings. The summed E-state index contributed by atoms with van der Waals surface area (Å²) in [7, 11) is 0. The number of nitrogens with zero attached hydrogens (tertiary/aromatic N) is 2. The highest BCUT2D eigenvalue weighted by molar-refractivity contribution is 7.99. The van der Waals surface area contributed by atoms with Gasteiger partial charge in [0.25, 0.3) is 0 Å². The highest BCUT2D eigenvalue weighted by atomic mass is 32.2. The summed E-state index contributed by atoms with van der Waals surface area (Å²) in [6.45, 7) is 11.1. The van der Waals surface area contributed by atoms with E-state index in [1.807, 2.05) is 0 Å². The molecule has 2 saturated heterocycles. The highest BCUT2D eigenvalue weighted by Gasteiger charge is 2.21. The van der Waals surface area contributed by atoms with Crippen LogP contribution in [0.4, 0.5) is 0 Å². The monoisotopic (exact) mass is 326 g/mol. The maximum atomic E-state index is 4.86. The quantitative estimate of drug-likeness (QED) is 0.602. The van der Waals surface area contributed by atoms with Gasteiger partial charge in [-0.25, -0.2) is 0 Å². The van der Waals surface area contributed by atoms with Crippen LogP contribution in [0.25, 0.3) is 0 Å². The molecule has 4 nitrogen and oxygen atoms in total. The van der Waals surface area contributed by atoms with Crippen molar-refractivity contribution in [2.24, 2.45) is 10.9 Å². The summed E-state index contributed by atoms with van der Waals surface area (Å²) in [5, 5.41) is 7.09. The summed E-state index contributed by atoms with van der Waals surface area (Å²) in [5.74, 6) is 4.46. The van der Waals surface area contributed by atoms with Crippen LogP contribution in [0.3, 0.4) is 0 Å². The number of guanidine groups is 1. The summed E-state index contributed by atoms with van der Waals surface area (Å²) >= 11 is 2.09. The molecule has 0 aromatic carbocycles. The van der Waals surface area contributed by atoms with Crippen molar-refractivity contribution in [1.29, 1.82) is 0 Å². The zero-order valence-corrected chi connectivity index (χ0v) is 15.4. The number of thioether (sulfide) groups is 1. The molecule has 0 bridgehead atoms. The minimum atomic E-state index is 0.578. The Morgan fingerprint density at radius 1 is 1.18 bits per heavy atom. The van der Waals surface area contributed by atoms with Crippen LogP contribution < -0.4 is 10.6 Å². The van der Waals surface area contributed by atoms with E-state index in [0.717, 1.165) is 25.0 Å². The molecule has 0 unspecified atom stereocenters. The molecule has 22 heavy (non-hydrogen) atoms. The van der Waals surface area contributed by atoms with E-state index < -0.39 is 0 Å². The van der Waals surface area contributed by atoms with Gasteiger partial charge in [-0.05, 0) is 63.9 Å². The van der Waals surface area contributed by atoms with Crippen LogP contribution >= 0.6 is 11.8 Å². The third kappa shape index (κ3) is 5.99. The van der Waals surface area contributed by atoms with E-state index in [1.165, 1.54) is 50.3 Å². The molecular weight excluding hydrogens is 292 g/mol. The minimum absolute atomic E-state index is 0.578. The van der Waals surface area contributed by atoms with Crippen molar-refractivity contribution >= 4 is 17.7 Å². The van der Waals surface area contributed by atoms with Crippen molar-refractivity contribution in [2.75, 3.05) is 37.7 Å². The Morgan fingerprint density at radius 3 is 2.45 bits per heavy atom. The van der Waals surface area contributed by atoms with Crippen molar-refractivity contribution in [3.05, 3.63) is 0 Å². The summed E-state index contributed by atoms with van der Waals surface area (Å²) < 4.78 is 0. The second kappa shape index (κ2) is 9.66. The number of likely N-dealkylation sites (tertiary alicyclic amines) is 1. The molecule has 128 valence electrons. The van der Waals surface area contributed by atoms with Gasteiger partial charge in [0.2, 0.25) is 0 Å². The van der Waals surface area contributed by atoms with Crippen LogP contribution in [-0.2, 0) is 0 Å². The zero-order chi connectivity index (χ0) is 15.8. The molecule has 5 heteroatoms. The lowest BCUT2D eigenvalue weighted by atomic mass is 10.0. The van der Waals surface area contributed by atoms with Gasteiger partial charge >= 0.3 is 0 Å². The van der Waals surface area contributed by atoms with E-state index >= 15 is 0 Å². The lowest BCUT2D eigenvalue weighted by molar-refractivity contribution is 0.167. The molecule has 0 aromatic heterocycles. The molecule has 0 saturated carbocycles. The van der Waals surface area contributed by atoms with Gasteiger partial charge in [-0.3, -0.25) is 4.99 Å². The van der Waals surface area contributed by atoms with Gasteiger partial charge in [-0.15, -0.1) is 0 Å². The molecule has 2 aliphatic heterocycles. The Hall–Kier alpha value is -0.420. The van der Waals surface area contributed by atoms with Gasteiger partial charge in [-0.1, -0.05) is 0 Å². The van der Waals surface area contributed by atoms with Crippen molar-refractivity contribution < 1.29 is 0 Å². The molecule has 0 radical (unpaired) electrons. The van der Waals surface area contributed by atoms with Gasteiger partial charge in [0.15, 0.2) is 5.96 Å². The van der Waals surface area contributed by atoms with Gasteiger partial charge in [-0.2, -0.15) is 11.8 Å². The summed E-state index contributed by atoms with van der Waals surface area (Å²) in [5.41, 5.74) is 0. The van der Waals surface area contributed by atoms with Gasteiger partial charge in [0, 0.05) is 38.3 Å². The number of nitrogens with one attached hydrogen (secondary N) is 2. The van der Waals surface area contributed by atoms with Crippen LogP contribution in [0.2, 0.25) is 0 Å². The first-order valence-electron chi connectivity index (χ1n) is 9.05. The fourth-order valence-electron chi connectivity index (χ4n) is 3.22. The fraction of sp³-hybridized carbons (Fsp3) is 0.941. The molecule has 0 atom stereocenters. The molecule has 2 rings (SSSR count). The SMILES string of the molecule is CCNC(=NCC1CCSCC1)NC1CCN(C(C)C)CC1. The number of hydrogen-bond donors (Lipinski definition) is 2. The standard InChI is InChI=1S/C17H34N4S/c1-4-18-17(19-13-15-7-11-22-12-8-15)20-16-5-9-21(10-6-16)14(2)3/h14-16H,4-13H2,1-3H3,(H2,18,19,20). The predicted molar refractivity (Wildman–Crippen MR) is 98.9 cm³/mol. The molecule has 0 amide bonds. The van der Waals surface area contributed by atoms with Crippen molar-refractivity contribution in [3.63, 3.8) is 0 Å². The van der Waals surface area contributed by atoms with Gasteiger partial charge in [0.1, 0.15) is 0 Å². The average molecular weight is 327 g/mol. The van der Waals surface area contributed by atoms with Crippen molar-refractivity contribution in [3.8, 4) is 0 Å². The van der Waals surface area contributed by atoms with Gasteiger partial charge < -0.3 is 15.5 Å². The molecule has 2 N–H and O–H groups in total. The molecule has 0 spiro atoms. The average Bonchev–Trinajstić information content (AvgIpc) is 2.54. The van der Waals surface area contributed by atoms with E-state index in [0.29, 0.717) is 12.1 Å². The van der Waals surface area contributed by atoms with E-state index in [4.69, 9.17) is 4.99 Å². The van der Waals surface area contributed by atoms with Crippen LogP contribution in [0.5, 0.6) is 0 Å². The summed E-state index contributed by atoms with van der Waals surface area (Å²) in [6.07, 6.45) is 5.12. The maximum absolute atomic E-state index is 4.86. The minimum Gasteiger partial charge on any atom is -0.357 e. The van der Waals surface area contributed by atoms with Crippen molar-refractivity contribution in [2.45, 2.75) is 58.5 Å². The Labute approximate surface area is 140 Å². The van der Waals surface area contributed by atoms with Crippen molar-refractivity contribution in [1.82, 2.24) is 15.5 Å². The Kier molecular flexibility index (Phi) is 7.87. The molecule has 0 aliphatic carbocycles. The number of piperidine rings is 1. The van der Waals surface area contributed by atoms with E-state index in [1.54, 1.807) is 0 Å². The fourth-order valence-corrected chi connectivity index (χ4v) is 4.43. The first-order chi connectivity index (χ1) is 10.7. The lowest BCUT2D eigenvalue weighted by Crippen LogP contribution is -2.50. The maximum Gasteiger partial charge on any atom is 0.191 e. The second-order valence-electron chi connectivity index (χ2n) is 6.82. The second-order valence-corrected chi connectivity index (χ2v) is 8.05. The first-order valence-corrected chi connectivity index (χ1v) is 10.2. The largest absolute Gasteiger partial charge is 0.357 e. The Balaban J connectivity index is 1.78. The summed E-state index contributed by atoms with van der Waals surface area (Å²) in [6, 6.07) is 1.25. The Bertz CT molecular complexity index is 332. The predicted octanol–water partition coefficient (Wildman–Crippen LogP) is 2.56. The van der Waals surface area contributed by atoms with Crippen LogP contribution in [0.15, 0.2) is 4.99 Å². The molecule has 0 aromatic rings. The zero-order valence-electron chi connectivity index (χ0n) is 14.6. The molecule has 2 heterocycles. The number of hydrogen-bond acceptors (Lipinski definition) is 3. The number of aliphatic imine (C=N–C) groups is 1. The normalized spacial score (nSPS) is 23.0. The molecule has 2 fully saturated rings. The smallest absolute Gasteiger partial charge is 0.191 e. The third-order valence-corrected chi connectivity index (χ3v) is 5.84. The number of rotatable bonds is 5. The Morgan fingerprint density at radius 2 is 1.86 bits per heavy atom. The highest BCUT2D eigenvalue weighted by Crippen LogP contribution is 2.22. The van der Waals surface area contributed by atoms with Crippen LogP contribution in [0, 0.1) is 5.92 Å². The summed E-state index contributed by atoms with van der Waals surface area (Å²) in [4.78, 5) is 7.43. The van der Waals surface area contributed by atoms with Gasteiger partial charge in [0.05, 0.1) is 0 Å². The van der Waals surface area contributed by atoms with Crippen LogP contribution in [0.1, 0.15) is 46.5 Å². The molecular formula is C17H34N4S. The van der Waals surface area contributed by atoms with E-state index in [2.05, 4.69) is 48.1 Å².